The molecule has 0 saturated heterocycles. The van der Waals surface area contributed by atoms with Gasteiger partial charge in [-0.2, -0.15) is 0 Å². The van der Waals surface area contributed by atoms with Gasteiger partial charge in [0.15, 0.2) is 11.6 Å². The molecule has 20 heavy (non-hydrogen) atoms. The van der Waals surface area contributed by atoms with E-state index < -0.39 is 0 Å². The molecule has 0 aliphatic heterocycles. The molecule has 1 saturated carbocycles. The molecule has 0 aromatic carbocycles. The van der Waals surface area contributed by atoms with Crippen molar-refractivity contribution in [2.24, 2.45) is 5.92 Å². The van der Waals surface area contributed by atoms with E-state index in [4.69, 9.17) is 4.74 Å². The summed E-state index contributed by atoms with van der Waals surface area (Å²) in [4.78, 5) is 8.61. The second-order valence-electron chi connectivity index (χ2n) is 5.63. The molecule has 5 heteroatoms. The van der Waals surface area contributed by atoms with Gasteiger partial charge in [-0.05, 0) is 38.0 Å². The van der Waals surface area contributed by atoms with E-state index in [9.17, 15) is 0 Å². The van der Waals surface area contributed by atoms with Gasteiger partial charge in [-0.1, -0.05) is 13.8 Å². The molecule has 2 rings (SSSR count). The first kappa shape index (κ1) is 14.9. The van der Waals surface area contributed by atoms with E-state index in [1.54, 1.807) is 13.4 Å². The minimum atomic E-state index is 0.494. The first-order valence-corrected chi connectivity index (χ1v) is 7.64. The lowest BCUT2D eigenvalue weighted by molar-refractivity contribution is 0.358. The van der Waals surface area contributed by atoms with Crippen LogP contribution >= 0.6 is 0 Å². The highest BCUT2D eigenvalue weighted by Crippen LogP contribution is 2.32. The number of aromatic nitrogens is 2. The van der Waals surface area contributed by atoms with Gasteiger partial charge in [0, 0.05) is 12.6 Å². The number of hydrogen-bond acceptors (Lipinski definition) is 5. The topological polar surface area (TPSA) is 59.1 Å². The molecule has 1 aromatic heterocycles. The predicted molar refractivity (Wildman–Crippen MR) is 82.4 cm³/mol. The molecular formula is C15H26N4O. The standard InChI is InChI=1S/C15H26N4O/c1-4-9-16-14-13(20-3)15(18-10-17-14)19-12-7-5-11(2)6-8-12/h10-12H,4-9H2,1-3H3,(H2,16,17,18,19). The van der Waals surface area contributed by atoms with Gasteiger partial charge in [-0.3, -0.25) is 0 Å². The molecule has 0 amide bonds. The SMILES string of the molecule is CCCNc1ncnc(NC2CCC(C)CC2)c1OC. The molecule has 112 valence electrons. The largest absolute Gasteiger partial charge is 0.490 e. The third kappa shape index (κ3) is 3.74. The molecule has 1 fully saturated rings. The van der Waals surface area contributed by atoms with Crippen molar-refractivity contribution < 1.29 is 4.74 Å². The smallest absolute Gasteiger partial charge is 0.204 e. The number of nitrogens with one attached hydrogen (secondary N) is 2. The highest BCUT2D eigenvalue weighted by atomic mass is 16.5. The third-order valence-electron chi connectivity index (χ3n) is 3.91. The van der Waals surface area contributed by atoms with Crippen molar-refractivity contribution in [3.8, 4) is 5.75 Å². The van der Waals surface area contributed by atoms with Crippen LogP contribution < -0.4 is 15.4 Å². The van der Waals surface area contributed by atoms with Crippen LogP contribution in [0.5, 0.6) is 5.75 Å². The lowest BCUT2D eigenvalue weighted by Crippen LogP contribution is -2.26. The lowest BCUT2D eigenvalue weighted by atomic mass is 9.87. The predicted octanol–water partition coefficient (Wildman–Crippen LogP) is 3.30. The van der Waals surface area contributed by atoms with Crippen LogP contribution in [0.2, 0.25) is 0 Å². The summed E-state index contributed by atoms with van der Waals surface area (Å²) in [5, 5.41) is 6.80. The fraction of sp³-hybridized carbons (Fsp3) is 0.733. The molecule has 5 nitrogen and oxygen atoms in total. The number of anilines is 2. The zero-order chi connectivity index (χ0) is 14.4. The molecule has 0 unspecified atom stereocenters. The maximum atomic E-state index is 5.49. The highest BCUT2D eigenvalue weighted by molar-refractivity contribution is 5.63. The number of ether oxygens (including phenoxy) is 1. The van der Waals surface area contributed by atoms with Crippen molar-refractivity contribution in [1.82, 2.24) is 9.97 Å². The van der Waals surface area contributed by atoms with E-state index in [2.05, 4.69) is 34.4 Å². The zero-order valence-corrected chi connectivity index (χ0v) is 12.8. The van der Waals surface area contributed by atoms with Gasteiger partial charge >= 0.3 is 0 Å². The Kier molecular flexibility index (Phi) is 5.44. The first-order valence-electron chi connectivity index (χ1n) is 7.64. The van der Waals surface area contributed by atoms with Gasteiger partial charge in [0.2, 0.25) is 5.75 Å². The minimum Gasteiger partial charge on any atom is -0.490 e. The Bertz CT molecular complexity index is 416. The van der Waals surface area contributed by atoms with Crippen molar-refractivity contribution in [3.05, 3.63) is 6.33 Å². The fourth-order valence-corrected chi connectivity index (χ4v) is 2.64. The van der Waals surface area contributed by atoms with Gasteiger partial charge < -0.3 is 15.4 Å². The van der Waals surface area contributed by atoms with Crippen molar-refractivity contribution in [2.75, 3.05) is 24.3 Å². The summed E-state index contributed by atoms with van der Waals surface area (Å²) < 4.78 is 5.49. The Balaban J connectivity index is 2.06. The average Bonchev–Trinajstić information content (AvgIpc) is 2.47. The molecular weight excluding hydrogens is 252 g/mol. The van der Waals surface area contributed by atoms with Gasteiger partial charge in [0.1, 0.15) is 6.33 Å². The summed E-state index contributed by atoms with van der Waals surface area (Å²) in [5.74, 6) is 3.15. The van der Waals surface area contributed by atoms with Crippen LogP contribution in [0.15, 0.2) is 6.33 Å². The summed E-state index contributed by atoms with van der Waals surface area (Å²) in [5.41, 5.74) is 0. The van der Waals surface area contributed by atoms with Crippen molar-refractivity contribution >= 4 is 11.6 Å². The van der Waals surface area contributed by atoms with E-state index in [-0.39, 0.29) is 0 Å². The normalized spacial score (nSPS) is 22.4. The summed E-state index contributed by atoms with van der Waals surface area (Å²) >= 11 is 0. The van der Waals surface area contributed by atoms with E-state index in [1.165, 1.54) is 25.7 Å². The monoisotopic (exact) mass is 278 g/mol. The molecule has 1 aliphatic carbocycles. The summed E-state index contributed by atoms with van der Waals surface area (Å²) in [6.45, 7) is 5.34. The number of nitrogens with zero attached hydrogens (tertiary/aromatic N) is 2. The lowest BCUT2D eigenvalue weighted by Gasteiger charge is -2.28. The Morgan fingerprint density at radius 1 is 1.20 bits per heavy atom. The average molecular weight is 278 g/mol. The Morgan fingerprint density at radius 3 is 2.55 bits per heavy atom. The zero-order valence-electron chi connectivity index (χ0n) is 12.8. The molecule has 1 aromatic rings. The summed E-state index contributed by atoms with van der Waals surface area (Å²) in [6, 6.07) is 0.494. The van der Waals surface area contributed by atoms with E-state index >= 15 is 0 Å². The molecule has 0 radical (unpaired) electrons. The van der Waals surface area contributed by atoms with Crippen LogP contribution in [0.4, 0.5) is 11.6 Å². The van der Waals surface area contributed by atoms with Crippen LogP contribution in [-0.4, -0.2) is 29.7 Å². The summed E-state index contributed by atoms with van der Waals surface area (Å²) in [7, 11) is 1.67. The van der Waals surface area contributed by atoms with Gasteiger partial charge in [-0.15, -0.1) is 0 Å². The molecule has 0 spiro atoms. The van der Waals surface area contributed by atoms with Crippen LogP contribution in [0.1, 0.15) is 46.0 Å². The minimum absolute atomic E-state index is 0.494. The number of methoxy groups -OCH3 is 1. The highest BCUT2D eigenvalue weighted by Gasteiger charge is 2.20. The Hall–Kier alpha value is -1.52. The second kappa shape index (κ2) is 7.31. The molecule has 1 heterocycles. The van der Waals surface area contributed by atoms with Gasteiger partial charge in [0.05, 0.1) is 7.11 Å². The van der Waals surface area contributed by atoms with Crippen molar-refractivity contribution in [1.29, 1.82) is 0 Å². The van der Waals surface area contributed by atoms with Gasteiger partial charge in [-0.25, -0.2) is 9.97 Å². The van der Waals surface area contributed by atoms with Crippen LogP contribution in [0.3, 0.4) is 0 Å². The maximum absolute atomic E-state index is 5.49. The van der Waals surface area contributed by atoms with E-state index in [1.807, 2.05) is 0 Å². The maximum Gasteiger partial charge on any atom is 0.204 e. The molecule has 0 bridgehead atoms. The first-order chi connectivity index (χ1) is 9.74. The van der Waals surface area contributed by atoms with Crippen LogP contribution in [0, 0.1) is 5.92 Å². The Labute approximate surface area is 121 Å². The third-order valence-corrected chi connectivity index (χ3v) is 3.91. The number of rotatable bonds is 6. The molecule has 0 atom stereocenters. The second-order valence-corrected chi connectivity index (χ2v) is 5.63. The van der Waals surface area contributed by atoms with Crippen molar-refractivity contribution in [3.63, 3.8) is 0 Å². The summed E-state index contributed by atoms with van der Waals surface area (Å²) in [6.07, 6.45) is 7.61. The molecule has 1 aliphatic rings. The van der Waals surface area contributed by atoms with Crippen molar-refractivity contribution in [2.45, 2.75) is 52.0 Å². The van der Waals surface area contributed by atoms with E-state index in [0.29, 0.717) is 6.04 Å². The fourth-order valence-electron chi connectivity index (χ4n) is 2.64. The molecule has 2 N–H and O–H groups in total. The number of hydrogen-bond donors (Lipinski definition) is 2. The van der Waals surface area contributed by atoms with E-state index in [0.717, 1.165) is 36.3 Å². The van der Waals surface area contributed by atoms with Crippen LogP contribution in [-0.2, 0) is 0 Å². The van der Waals surface area contributed by atoms with Gasteiger partial charge in [0.25, 0.3) is 0 Å². The Morgan fingerprint density at radius 2 is 1.90 bits per heavy atom. The quantitative estimate of drug-likeness (QED) is 0.836. The van der Waals surface area contributed by atoms with Crippen LogP contribution in [0.25, 0.3) is 0 Å².